The molecule has 1 amide bonds. The molecule has 1 aromatic carbocycles. The fourth-order valence-electron chi connectivity index (χ4n) is 1.49. The maximum Gasteiger partial charge on any atom is 0.238 e. The third-order valence-corrected chi connectivity index (χ3v) is 2.66. The lowest BCUT2D eigenvalue weighted by atomic mass is 10.2. The maximum absolute atomic E-state index is 13.5. The highest BCUT2D eigenvalue weighted by Crippen LogP contribution is 2.14. The van der Waals surface area contributed by atoms with Crippen molar-refractivity contribution in [1.82, 2.24) is 5.32 Å². The van der Waals surface area contributed by atoms with Crippen molar-refractivity contribution in [2.75, 3.05) is 18.5 Å². The van der Waals surface area contributed by atoms with Crippen LogP contribution in [-0.4, -0.2) is 30.2 Å². The van der Waals surface area contributed by atoms with Crippen LogP contribution in [0.25, 0.3) is 0 Å². The number of aliphatic hydroxyl groups excluding tert-OH is 1. The zero-order valence-corrected chi connectivity index (χ0v) is 10.7. The summed E-state index contributed by atoms with van der Waals surface area (Å²) >= 11 is 0. The fourth-order valence-corrected chi connectivity index (χ4v) is 1.49. The summed E-state index contributed by atoms with van der Waals surface area (Å²) in [5, 5.41) is 14.3. The Morgan fingerprint density at radius 2 is 2.22 bits per heavy atom. The molecule has 0 bridgehead atoms. The Balaban J connectivity index is 2.49. The number of nitrogens with one attached hydrogen (secondary N) is 2. The van der Waals surface area contributed by atoms with E-state index in [0.29, 0.717) is 0 Å². The molecule has 0 saturated heterocycles. The summed E-state index contributed by atoms with van der Waals surface area (Å²) in [7, 11) is 0. The number of hydrogen-bond acceptors (Lipinski definition) is 3. The number of rotatable bonds is 6. The molecule has 0 unspecified atom stereocenters. The molecule has 0 fully saturated rings. The fraction of sp³-hybridized carbons (Fsp3) is 0.462. The lowest BCUT2D eigenvalue weighted by molar-refractivity contribution is -0.115. The number of carbonyl (C=O) groups excluding carboxylic acids is 1. The van der Waals surface area contributed by atoms with Crippen LogP contribution in [-0.2, 0) is 4.79 Å². The van der Waals surface area contributed by atoms with Gasteiger partial charge in [0.15, 0.2) is 0 Å². The standard InChI is InChI=1S/C13H19FN2O2/c1-3-10(8-17)15-7-13(18)16-12-5-4-9(2)6-11(12)14/h4-6,10,15,17H,3,7-8H2,1-2H3,(H,16,18)/t10-/m1/s1. The van der Waals surface area contributed by atoms with E-state index in [1.165, 1.54) is 12.1 Å². The summed E-state index contributed by atoms with van der Waals surface area (Å²) < 4.78 is 13.5. The predicted molar refractivity (Wildman–Crippen MR) is 68.9 cm³/mol. The lowest BCUT2D eigenvalue weighted by Crippen LogP contribution is -2.38. The van der Waals surface area contributed by atoms with Crippen LogP contribution in [0.1, 0.15) is 18.9 Å². The van der Waals surface area contributed by atoms with Crippen LogP contribution in [0.4, 0.5) is 10.1 Å². The van der Waals surface area contributed by atoms with Gasteiger partial charge in [0, 0.05) is 6.04 Å². The van der Waals surface area contributed by atoms with Crippen LogP contribution < -0.4 is 10.6 Å². The first-order valence-corrected chi connectivity index (χ1v) is 5.97. The van der Waals surface area contributed by atoms with E-state index in [1.807, 2.05) is 6.92 Å². The van der Waals surface area contributed by atoms with Gasteiger partial charge in [-0.2, -0.15) is 0 Å². The molecule has 0 aliphatic rings. The normalized spacial score (nSPS) is 12.2. The van der Waals surface area contributed by atoms with Crippen LogP contribution in [0.2, 0.25) is 0 Å². The number of halogens is 1. The highest BCUT2D eigenvalue weighted by atomic mass is 19.1. The van der Waals surface area contributed by atoms with E-state index < -0.39 is 5.82 Å². The van der Waals surface area contributed by atoms with Crippen molar-refractivity contribution in [3.8, 4) is 0 Å². The van der Waals surface area contributed by atoms with Gasteiger partial charge in [-0.1, -0.05) is 13.0 Å². The molecule has 0 spiro atoms. The van der Waals surface area contributed by atoms with Gasteiger partial charge in [0.25, 0.3) is 0 Å². The van der Waals surface area contributed by atoms with E-state index in [9.17, 15) is 9.18 Å². The minimum absolute atomic E-state index is 0.0251. The monoisotopic (exact) mass is 254 g/mol. The Hall–Kier alpha value is -1.46. The molecular formula is C13H19FN2O2. The Morgan fingerprint density at radius 3 is 2.78 bits per heavy atom. The topological polar surface area (TPSA) is 61.4 Å². The van der Waals surface area contributed by atoms with Crippen LogP contribution in [0.5, 0.6) is 0 Å². The Labute approximate surface area is 106 Å². The van der Waals surface area contributed by atoms with Crippen molar-refractivity contribution in [3.63, 3.8) is 0 Å². The summed E-state index contributed by atoms with van der Waals surface area (Å²) in [6.45, 7) is 3.71. The summed E-state index contributed by atoms with van der Waals surface area (Å²) in [6, 6.07) is 4.52. The Morgan fingerprint density at radius 1 is 1.50 bits per heavy atom. The number of benzene rings is 1. The molecule has 1 atom stereocenters. The number of anilines is 1. The second kappa shape index (κ2) is 7.08. The first-order chi connectivity index (χ1) is 8.56. The Kier molecular flexibility index (Phi) is 5.74. The molecule has 100 valence electrons. The summed E-state index contributed by atoms with van der Waals surface area (Å²) in [6.07, 6.45) is 0.725. The second-order valence-corrected chi connectivity index (χ2v) is 4.20. The van der Waals surface area contributed by atoms with Crippen molar-refractivity contribution in [2.45, 2.75) is 26.3 Å². The average Bonchev–Trinajstić information content (AvgIpc) is 2.34. The van der Waals surface area contributed by atoms with Crippen molar-refractivity contribution in [2.24, 2.45) is 0 Å². The first-order valence-electron chi connectivity index (χ1n) is 5.97. The van der Waals surface area contributed by atoms with Gasteiger partial charge in [-0.15, -0.1) is 0 Å². The predicted octanol–water partition coefficient (Wildman–Crippen LogP) is 1.43. The van der Waals surface area contributed by atoms with E-state index >= 15 is 0 Å². The number of carbonyl (C=O) groups is 1. The molecule has 3 N–H and O–H groups in total. The molecule has 0 saturated carbocycles. The van der Waals surface area contributed by atoms with Gasteiger partial charge < -0.3 is 15.7 Å². The number of hydrogen-bond donors (Lipinski definition) is 3. The minimum Gasteiger partial charge on any atom is -0.395 e. The summed E-state index contributed by atoms with van der Waals surface area (Å²) in [5.41, 5.74) is 0.972. The second-order valence-electron chi connectivity index (χ2n) is 4.20. The van der Waals surface area contributed by atoms with E-state index in [1.54, 1.807) is 13.0 Å². The molecule has 18 heavy (non-hydrogen) atoms. The first kappa shape index (κ1) is 14.6. The van der Waals surface area contributed by atoms with E-state index in [0.717, 1.165) is 12.0 Å². The largest absolute Gasteiger partial charge is 0.395 e. The number of aliphatic hydroxyl groups is 1. The van der Waals surface area contributed by atoms with Gasteiger partial charge in [-0.3, -0.25) is 4.79 Å². The smallest absolute Gasteiger partial charge is 0.238 e. The van der Waals surface area contributed by atoms with Crippen molar-refractivity contribution < 1.29 is 14.3 Å². The van der Waals surface area contributed by atoms with Crippen LogP contribution in [0, 0.1) is 12.7 Å². The van der Waals surface area contributed by atoms with Gasteiger partial charge in [-0.05, 0) is 31.0 Å². The molecular weight excluding hydrogens is 235 g/mol. The molecule has 0 radical (unpaired) electrons. The average molecular weight is 254 g/mol. The molecule has 4 nitrogen and oxygen atoms in total. The quantitative estimate of drug-likeness (QED) is 0.719. The molecule has 0 aliphatic heterocycles. The Bertz CT molecular complexity index is 406. The van der Waals surface area contributed by atoms with E-state index in [4.69, 9.17) is 5.11 Å². The zero-order chi connectivity index (χ0) is 13.5. The molecule has 0 aliphatic carbocycles. The van der Waals surface area contributed by atoms with Crippen molar-refractivity contribution in [3.05, 3.63) is 29.6 Å². The van der Waals surface area contributed by atoms with Crippen molar-refractivity contribution >= 4 is 11.6 Å². The maximum atomic E-state index is 13.5. The van der Waals surface area contributed by atoms with Crippen LogP contribution in [0.3, 0.4) is 0 Å². The highest BCUT2D eigenvalue weighted by Gasteiger charge is 2.09. The number of aryl methyl sites for hydroxylation is 1. The van der Waals surface area contributed by atoms with Gasteiger partial charge in [-0.25, -0.2) is 4.39 Å². The third kappa shape index (κ3) is 4.43. The van der Waals surface area contributed by atoms with Gasteiger partial charge >= 0.3 is 0 Å². The van der Waals surface area contributed by atoms with E-state index in [-0.39, 0.29) is 30.8 Å². The molecule has 5 heteroatoms. The SMILES string of the molecule is CC[C@H](CO)NCC(=O)Nc1ccc(C)cc1F. The van der Waals surface area contributed by atoms with E-state index in [2.05, 4.69) is 10.6 Å². The number of amides is 1. The molecule has 0 heterocycles. The molecule has 0 aromatic heterocycles. The van der Waals surface area contributed by atoms with Crippen molar-refractivity contribution in [1.29, 1.82) is 0 Å². The van der Waals surface area contributed by atoms with Crippen LogP contribution >= 0.6 is 0 Å². The molecule has 1 rings (SSSR count). The minimum atomic E-state index is -0.447. The van der Waals surface area contributed by atoms with Gasteiger partial charge in [0.1, 0.15) is 5.82 Å². The summed E-state index contributed by atoms with van der Waals surface area (Å²) in [5.74, 6) is -0.776. The third-order valence-electron chi connectivity index (χ3n) is 2.66. The summed E-state index contributed by atoms with van der Waals surface area (Å²) in [4.78, 5) is 11.6. The van der Waals surface area contributed by atoms with Gasteiger partial charge in [0.2, 0.25) is 5.91 Å². The van der Waals surface area contributed by atoms with Gasteiger partial charge in [0.05, 0.1) is 18.8 Å². The highest BCUT2D eigenvalue weighted by molar-refractivity contribution is 5.92. The lowest BCUT2D eigenvalue weighted by Gasteiger charge is -2.13. The van der Waals surface area contributed by atoms with Crippen LogP contribution in [0.15, 0.2) is 18.2 Å². The zero-order valence-electron chi connectivity index (χ0n) is 10.7. The molecule has 1 aromatic rings.